The van der Waals surface area contributed by atoms with Crippen molar-refractivity contribution in [2.75, 3.05) is 31.7 Å². The molecular weight excluding hydrogens is 469 g/mol. The number of amides is 1. The molecule has 0 unspecified atom stereocenters. The fourth-order valence-electron chi connectivity index (χ4n) is 5.42. The molecule has 36 heavy (non-hydrogen) atoms. The van der Waals surface area contributed by atoms with Gasteiger partial charge in [0.15, 0.2) is 0 Å². The topological polar surface area (TPSA) is 87.4 Å². The predicted molar refractivity (Wildman–Crippen MR) is 133 cm³/mol. The Kier molecular flexibility index (Phi) is 7.45. The van der Waals surface area contributed by atoms with Crippen molar-refractivity contribution >= 4 is 17.4 Å². The van der Waals surface area contributed by atoms with Gasteiger partial charge < -0.3 is 16.0 Å². The maximum Gasteiger partial charge on any atom is 0.416 e. The summed E-state index contributed by atoms with van der Waals surface area (Å²) in [4.78, 5) is 25.8. The smallest absolute Gasteiger partial charge is 0.399 e. The maximum atomic E-state index is 13.3. The predicted octanol–water partition coefficient (Wildman–Crippen LogP) is 4.56. The lowest BCUT2D eigenvalue weighted by atomic mass is 9.84. The summed E-state index contributed by atoms with van der Waals surface area (Å²) >= 11 is 0. The molecule has 0 saturated heterocycles. The van der Waals surface area contributed by atoms with Crippen molar-refractivity contribution in [2.45, 2.75) is 70.8 Å². The van der Waals surface area contributed by atoms with E-state index in [0.29, 0.717) is 29.8 Å². The summed E-state index contributed by atoms with van der Waals surface area (Å²) < 4.78 is 40.0. The number of anilines is 2. The number of nitrogen functional groups attached to an aromatic ring is 1. The van der Waals surface area contributed by atoms with E-state index in [1.54, 1.807) is 25.1 Å². The van der Waals surface area contributed by atoms with E-state index in [-0.39, 0.29) is 17.5 Å². The molecule has 0 spiro atoms. The first kappa shape index (κ1) is 26.2. The molecule has 2 heterocycles. The van der Waals surface area contributed by atoms with E-state index in [1.807, 2.05) is 13.8 Å². The molecule has 1 aliphatic heterocycles. The lowest BCUT2D eigenvalue weighted by Gasteiger charge is -2.39. The number of carbonyl (C=O) groups is 1. The van der Waals surface area contributed by atoms with Crippen LogP contribution in [0.25, 0.3) is 0 Å². The second-order valence-electron chi connectivity index (χ2n) is 10.3. The summed E-state index contributed by atoms with van der Waals surface area (Å²) in [7, 11) is 3.61. The van der Waals surface area contributed by atoms with Gasteiger partial charge in [-0.15, -0.1) is 0 Å². The number of nitrogens with zero attached hydrogens (tertiary/aromatic N) is 4. The Morgan fingerprint density at radius 2 is 1.86 bits per heavy atom. The van der Waals surface area contributed by atoms with E-state index in [9.17, 15) is 18.0 Å². The Hall–Kier alpha value is -2.88. The molecule has 1 fully saturated rings. The first-order valence-corrected chi connectivity index (χ1v) is 12.5. The van der Waals surface area contributed by atoms with E-state index >= 15 is 0 Å². The Labute approximate surface area is 210 Å². The Bertz CT molecular complexity index is 1110. The van der Waals surface area contributed by atoms with Crippen LogP contribution in [0.4, 0.5) is 24.7 Å². The minimum absolute atomic E-state index is 0.0731. The zero-order chi connectivity index (χ0) is 26.2. The normalized spacial score (nSPS) is 21.5. The molecule has 196 valence electrons. The van der Waals surface area contributed by atoms with Crippen molar-refractivity contribution in [3.63, 3.8) is 0 Å². The molecule has 1 saturated carbocycles. The van der Waals surface area contributed by atoms with Crippen molar-refractivity contribution in [2.24, 2.45) is 5.92 Å². The molecular formula is C26H35F3N6O. The molecule has 10 heteroatoms. The van der Waals surface area contributed by atoms with Gasteiger partial charge in [0.1, 0.15) is 11.6 Å². The Morgan fingerprint density at radius 1 is 1.17 bits per heavy atom. The standard InChI is InChI=1S/C26H35F3N6O/c1-15(18-11-19(26(27,28)29)13-20(30)12-18)31-24-22-14-35(10-9-23(22)32-16(2)33-24)21-7-5-17(6-8-21)25(36)34(3)4/h11-13,15,17,21H,5-10,14,30H2,1-4H3,(H,31,32,33)/t15-,17?,21?/m1/s1. The molecule has 1 amide bonds. The highest BCUT2D eigenvalue weighted by Gasteiger charge is 2.34. The summed E-state index contributed by atoms with van der Waals surface area (Å²) in [6.45, 7) is 5.20. The molecule has 1 aliphatic carbocycles. The van der Waals surface area contributed by atoms with Crippen LogP contribution < -0.4 is 11.1 Å². The van der Waals surface area contributed by atoms with Crippen molar-refractivity contribution in [3.8, 4) is 0 Å². The summed E-state index contributed by atoms with van der Waals surface area (Å²) in [6, 6.07) is 3.60. The molecule has 2 aromatic rings. The zero-order valence-corrected chi connectivity index (χ0v) is 21.3. The lowest BCUT2D eigenvalue weighted by Crippen LogP contribution is -2.43. The quantitative estimate of drug-likeness (QED) is 0.581. The molecule has 7 nitrogen and oxygen atoms in total. The second-order valence-corrected chi connectivity index (χ2v) is 10.3. The molecule has 1 atom stereocenters. The van der Waals surface area contributed by atoms with Gasteiger partial charge in [-0.25, -0.2) is 9.97 Å². The minimum Gasteiger partial charge on any atom is -0.399 e. The largest absolute Gasteiger partial charge is 0.416 e. The average Bonchev–Trinajstić information content (AvgIpc) is 2.82. The highest BCUT2D eigenvalue weighted by Crippen LogP contribution is 2.35. The van der Waals surface area contributed by atoms with Crippen molar-refractivity contribution < 1.29 is 18.0 Å². The van der Waals surface area contributed by atoms with Crippen LogP contribution in [-0.2, 0) is 23.9 Å². The van der Waals surface area contributed by atoms with Gasteiger partial charge in [0, 0.05) is 56.8 Å². The first-order valence-electron chi connectivity index (χ1n) is 12.5. The third kappa shape index (κ3) is 5.74. The Morgan fingerprint density at radius 3 is 2.50 bits per heavy atom. The number of carbonyl (C=O) groups excluding carboxylic acids is 1. The summed E-state index contributed by atoms with van der Waals surface area (Å²) in [5, 5.41) is 3.34. The van der Waals surface area contributed by atoms with Crippen molar-refractivity contribution in [3.05, 3.63) is 46.4 Å². The van der Waals surface area contributed by atoms with Crippen LogP contribution in [0.2, 0.25) is 0 Å². The van der Waals surface area contributed by atoms with E-state index in [2.05, 4.69) is 20.2 Å². The maximum absolute atomic E-state index is 13.3. The number of alkyl halides is 3. The molecule has 4 rings (SSSR count). The SMILES string of the molecule is Cc1nc2c(c(N[C@H](C)c3cc(N)cc(C(F)(F)F)c3)n1)CN(C1CCC(C(=O)N(C)C)CC1)CC2. The fraction of sp³-hybridized carbons (Fsp3) is 0.577. The van der Waals surface area contributed by atoms with Gasteiger partial charge in [0.2, 0.25) is 5.91 Å². The van der Waals surface area contributed by atoms with E-state index in [0.717, 1.165) is 62.0 Å². The minimum atomic E-state index is -4.47. The van der Waals surface area contributed by atoms with Gasteiger partial charge in [-0.3, -0.25) is 9.69 Å². The van der Waals surface area contributed by atoms with Gasteiger partial charge in [0.05, 0.1) is 17.3 Å². The van der Waals surface area contributed by atoms with Gasteiger partial charge in [-0.05, 0) is 63.3 Å². The number of hydrogen-bond donors (Lipinski definition) is 2. The number of hydrogen-bond acceptors (Lipinski definition) is 6. The number of nitrogens with two attached hydrogens (primary N) is 1. The third-order valence-electron chi connectivity index (χ3n) is 7.36. The molecule has 1 aromatic heterocycles. The highest BCUT2D eigenvalue weighted by molar-refractivity contribution is 5.78. The average molecular weight is 505 g/mol. The number of benzene rings is 1. The summed E-state index contributed by atoms with van der Waals surface area (Å²) in [6.07, 6.45) is 0.0209. The Balaban J connectivity index is 1.51. The van der Waals surface area contributed by atoms with E-state index in [1.165, 1.54) is 0 Å². The van der Waals surface area contributed by atoms with Crippen LogP contribution in [0.3, 0.4) is 0 Å². The van der Waals surface area contributed by atoms with Crippen LogP contribution >= 0.6 is 0 Å². The first-order chi connectivity index (χ1) is 16.9. The zero-order valence-electron chi connectivity index (χ0n) is 21.3. The van der Waals surface area contributed by atoms with Crippen LogP contribution in [0.1, 0.15) is 66.9 Å². The second kappa shape index (κ2) is 10.2. The number of aryl methyl sites for hydroxylation is 1. The monoisotopic (exact) mass is 504 g/mol. The number of halogens is 3. The number of aromatic nitrogens is 2. The molecule has 1 aromatic carbocycles. The van der Waals surface area contributed by atoms with Gasteiger partial charge >= 0.3 is 6.18 Å². The molecule has 0 radical (unpaired) electrons. The fourth-order valence-corrected chi connectivity index (χ4v) is 5.42. The lowest BCUT2D eigenvalue weighted by molar-refractivity contribution is -0.137. The molecule has 2 aliphatic rings. The van der Waals surface area contributed by atoms with Gasteiger partial charge in [-0.2, -0.15) is 13.2 Å². The summed E-state index contributed by atoms with van der Waals surface area (Å²) in [5.74, 6) is 1.58. The third-order valence-corrected chi connectivity index (χ3v) is 7.36. The van der Waals surface area contributed by atoms with E-state index in [4.69, 9.17) is 5.73 Å². The van der Waals surface area contributed by atoms with Crippen LogP contribution in [0, 0.1) is 12.8 Å². The molecule has 0 bridgehead atoms. The summed E-state index contributed by atoms with van der Waals surface area (Å²) in [5.41, 5.74) is 7.51. The van der Waals surface area contributed by atoms with Crippen LogP contribution in [0.15, 0.2) is 18.2 Å². The number of rotatable bonds is 5. The van der Waals surface area contributed by atoms with E-state index < -0.39 is 17.8 Å². The molecule has 3 N–H and O–H groups in total. The van der Waals surface area contributed by atoms with Crippen LogP contribution in [-0.4, -0.2) is 52.4 Å². The number of nitrogens with one attached hydrogen (secondary N) is 1. The van der Waals surface area contributed by atoms with Crippen LogP contribution in [0.5, 0.6) is 0 Å². The van der Waals surface area contributed by atoms with Crippen molar-refractivity contribution in [1.29, 1.82) is 0 Å². The van der Waals surface area contributed by atoms with Gasteiger partial charge in [-0.1, -0.05) is 0 Å². The van der Waals surface area contributed by atoms with Gasteiger partial charge in [0.25, 0.3) is 0 Å². The van der Waals surface area contributed by atoms with Crippen molar-refractivity contribution in [1.82, 2.24) is 19.8 Å². The highest BCUT2D eigenvalue weighted by atomic mass is 19.4. The number of fused-ring (bicyclic) bond motifs is 1.